The molecule has 1 aromatic rings. The number of nitrogens with two attached hydrogens (primary N) is 1. The predicted molar refractivity (Wildman–Crippen MR) is 74.6 cm³/mol. The maximum Gasteiger partial charge on any atom is 0.256 e. The van der Waals surface area contributed by atoms with E-state index in [9.17, 15) is 4.79 Å². The summed E-state index contributed by atoms with van der Waals surface area (Å²) in [7, 11) is 0. The third-order valence-corrected chi connectivity index (χ3v) is 3.83. The lowest BCUT2D eigenvalue weighted by Gasteiger charge is -2.28. The van der Waals surface area contributed by atoms with Gasteiger partial charge in [0, 0.05) is 18.3 Å². The summed E-state index contributed by atoms with van der Waals surface area (Å²) in [5.74, 6) is 0.0972. The van der Waals surface area contributed by atoms with Crippen LogP contribution in [0.1, 0.15) is 48.5 Å². The number of amides is 1. The van der Waals surface area contributed by atoms with Crippen molar-refractivity contribution in [1.82, 2.24) is 4.90 Å². The van der Waals surface area contributed by atoms with E-state index in [0.29, 0.717) is 17.3 Å². The summed E-state index contributed by atoms with van der Waals surface area (Å²) in [6.07, 6.45) is 4.63. The number of hydrogen-bond donors (Lipinski definition) is 1. The molecule has 18 heavy (non-hydrogen) atoms. The highest BCUT2D eigenvalue weighted by Crippen LogP contribution is 2.23. The molecule has 0 bridgehead atoms. The van der Waals surface area contributed by atoms with E-state index in [0.717, 1.165) is 24.9 Å². The smallest absolute Gasteiger partial charge is 0.256 e. The van der Waals surface area contributed by atoms with E-state index >= 15 is 0 Å². The summed E-state index contributed by atoms with van der Waals surface area (Å²) in [6.45, 7) is 4.94. The molecule has 1 fully saturated rings. The first kappa shape index (κ1) is 12.9. The van der Waals surface area contributed by atoms with Crippen molar-refractivity contribution >= 4 is 11.6 Å². The van der Waals surface area contributed by atoms with Gasteiger partial charge in [0.05, 0.1) is 5.56 Å². The monoisotopic (exact) mass is 246 g/mol. The van der Waals surface area contributed by atoms with E-state index in [1.165, 1.54) is 12.8 Å². The van der Waals surface area contributed by atoms with Crippen LogP contribution >= 0.6 is 0 Å². The van der Waals surface area contributed by atoms with Gasteiger partial charge in [0.25, 0.3) is 5.91 Å². The van der Waals surface area contributed by atoms with Crippen LogP contribution in [-0.4, -0.2) is 23.4 Å². The number of rotatable bonds is 1. The van der Waals surface area contributed by atoms with Gasteiger partial charge in [-0.1, -0.05) is 25.0 Å². The number of carbonyl (C=O) groups is 1. The minimum atomic E-state index is 0.0972. The highest BCUT2D eigenvalue weighted by molar-refractivity contribution is 6.00. The largest absolute Gasteiger partial charge is 0.398 e. The molecular weight excluding hydrogens is 224 g/mol. The Kier molecular flexibility index (Phi) is 3.90. The maximum absolute atomic E-state index is 12.7. The van der Waals surface area contributed by atoms with Crippen molar-refractivity contribution in [3.63, 3.8) is 0 Å². The zero-order chi connectivity index (χ0) is 13.1. The molecule has 0 radical (unpaired) electrons. The normalized spacial score (nSPS) is 20.6. The Morgan fingerprint density at radius 2 is 2.11 bits per heavy atom. The van der Waals surface area contributed by atoms with Crippen LogP contribution in [0, 0.1) is 6.92 Å². The van der Waals surface area contributed by atoms with Crippen molar-refractivity contribution in [3.05, 3.63) is 29.3 Å². The Balaban J connectivity index is 2.29. The predicted octanol–water partition coefficient (Wildman–Crippen LogP) is 2.98. The van der Waals surface area contributed by atoms with Gasteiger partial charge in [0.15, 0.2) is 0 Å². The number of carbonyl (C=O) groups excluding carboxylic acids is 1. The van der Waals surface area contributed by atoms with Crippen molar-refractivity contribution in [2.45, 2.75) is 45.6 Å². The minimum Gasteiger partial charge on any atom is -0.398 e. The van der Waals surface area contributed by atoms with Crippen molar-refractivity contribution in [3.8, 4) is 0 Å². The maximum atomic E-state index is 12.7. The molecular formula is C15H22N2O. The molecule has 98 valence electrons. The summed E-state index contributed by atoms with van der Waals surface area (Å²) in [5, 5.41) is 0. The molecule has 1 saturated heterocycles. The van der Waals surface area contributed by atoms with Crippen LogP contribution in [0.25, 0.3) is 0 Å². The summed E-state index contributed by atoms with van der Waals surface area (Å²) in [4.78, 5) is 14.6. The van der Waals surface area contributed by atoms with Crippen LogP contribution in [0.2, 0.25) is 0 Å². The molecule has 3 heteroatoms. The number of nitrogens with zero attached hydrogens (tertiary/aromatic N) is 1. The zero-order valence-corrected chi connectivity index (χ0v) is 11.3. The highest BCUT2D eigenvalue weighted by atomic mass is 16.2. The van der Waals surface area contributed by atoms with Crippen molar-refractivity contribution in [1.29, 1.82) is 0 Å². The summed E-state index contributed by atoms with van der Waals surface area (Å²) >= 11 is 0. The number of aryl methyl sites for hydroxylation is 1. The van der Waals surface area contributed by atoms with Crippen molar-refractivity contribution < 1.29 is 4.79 Å². The van der Waals surface area contributed by atoms with Crippen LogP contribution in [0.5, 0.6) is 0 Å². The van der Waals surface area contributed by atoms with Gasteiger partial charge in [0.1, 0.15) is 0 Å². The first-order valence-corrected chi connectivity index (χ1v) is 6.77. The Morgan fingerprint density at radius 1 is 1.33 bits per heavy atom. The molecule has 3 nitrogen and oxygen atoms in total. The van der Waals surface area contributed by atoms with E-state index in [4.69, 9.17) is 5.73 Å². The first-order chi connectivity index (χ1) is 8.61. The lowest BCUT2D eigenvalue weighted by molar-refractivity contribution is 0.0698. The lowest BCUT2D eigenvalue weighted by Crippen LogP contribution is -2.38. The molecule has 1 atom stereocenters. The molecule has 1 unspecified atom stereocenters. The Labute approximate surface area is 109 Å². The van der Waals surface area contributed by atoms with Gasteiger partial charge in [0.2, 0.25) is 0 Å². The fourth-order valence-electron chi connectivity index (χ4n) is 2.70. The molecule has 1 amide bonds. The average Bonchev–Trinajstić information content (AvgIpc) is 2.53. The third kappa shape index (κ3) is 2.50. The molecule has 1 aliphatic rings. The molecule has 0 spiro atoms. The molecule has 1 heterocycles. The van der Waals surface area contributed by atoms with Crippen LogP contribution in [0.15, 0.2) is 18.2 Å². The van der Waals surface area contributed by atoms with Crippen LogP contribution in [0.4, 0.5) is 5.69 Å². The molecule has 1 aliphatic heterocycles. The second-order valence-electron chi connectivity index (χ2n) is 5.24. The van der Waals surface area contributed by atoms with Crippen LogP contribution < -0.4 is 5.73 Å². The second kappa shape index (κ2) is 5.42. The van der Waals surface area contributed by atoms with E-state index in [1.807, 2.05) is 30.0 Å². The van der Waals surface area contributed by atoms with E-state index < -0.39 is 0 Å². The highest BCUT2D eigenvalue weighted by Gasteiger charge is 2.25. The Bertz CT molecular complexity index is 422. The second-order valence-corrected chi connectivity index (χ2v) is 5.24. The number of likely N-dealkylation sites (tertiary alicyclic amines) is 1. The van der Waals surface area contributed by atoms with E-state index in [2.05, 4.69) is 6.92 Å². The number of anilines is 1. The van der Waals surface area contributed by atoms with Gasteiger partial charge in [-0.2, -0.15) is 0 Å². The SMILES string of the molecule is Cc1cccc(N)c1C(=O)N1CCCCCC1C. The average molecular weight is 246 g/mol. The van der Waals surface area contributed by atoms with Gasteiger partial charge in [-0.05, 0) is 38.3 Å². The van der Waals surface area contributed by atoms with Gasteiger partial charge in [-0.3, -0.25) is 4.79 Å². The summed E-state index contributed by atoms with van der Waals surface area (Å²) in [6, 6.07) is 5.97. The van der Waals surface area contributed by atoms with Gasteiger partial charge >= 0.3 is 0 Å². The molecule has 1 aromatic carbocycles. The van der Waals surface area contributed by atoms with Gasteiger partial charge in [-0.25, -0.2) is 0 Å². The van der Waals surface area contributed by atoms with Crippen molar-refractivity contribution in [2.75, 3.05) is 12.3 Å². The topological polar surface area (TPSA) is 46.3 Å². The molecule has 2 rings (SSSR count). The van der Waals surface area contributed by atoms with Crippen LogP contribution in [-0.2, 0) is 0 Å². The fraction of sp³-hybridized carbons (Fsp3) is 0.533. The first-order valence-electron chi connectivity index (χ1n) is 6.77. The quantitative estimate of drug-likeness (QED) is 0.774. The summed E-state index contributed by atoms with van der Waals surface area (Å²) < 4.78 is 0. The molecule has 0 saturated carbocycles. The Hall–Kier alpha value is -1.51. The zero-order valence-electron chi connectivity index (χ0n) is 11.3. The third-order valence-electron chi connectivity index (χ3n) is 3.83. The number of nitrogen functional groups attached to an aromatic ring is 1. The van der Waals surface area contributed by atoms with Crippen molar-refractivity contribution in [2.24, 2.45) is 0 Å². The van der Waals surface area contributed by atoms with Crippen LogP contribution in [0.3, 0.4) is 0 Å². The van der Waals surface area contributed by atoms with E-state index in [-0.39, 0.29) is 5.91 Å². The van der Waals surface area contributed by atoms with Gasteiger partial charge < -0.3 is 10.6 Å². The standard InChI is InChI=1S/C15H22N2O/c1-11-7-6-9-13(16)14(11)15(18)17-10-5-3-4-8-12(17)2/h6-7,9,12H,3-5,8,10,16H2,1-2H3. The fourth-order valence-corrected chi connectivity index (χ4v) is 2.70. The number of hydrogen-bond acceptors (Lipinski definition) is 2. The molecule has 2 N–H and O–H groups in total. The number of benzene rings is 1. The van der Waals surface area contributed by atoms with Gasteiger partial charge in [-0.15, -0.1) is 0 Å². The molecule has 0 aromatic heterocycles. The summed E-state index contributed by atoms with van der Waals surface area (Å²) in [5.41, 5.74) is 8.22. The Morgan fingerprint density at radius 3 is 2.83 bits per heavy atom. The molecule has 0 aliphatic carbocycles. The van der Waals surface area contributed by atoms with E-state index in [1.54, 1.807) is 0 Å². The lowest BCUT2D eigenvalue weighted by atomic mass is 10.0. The minimum absolute atomic E-state index is 0.0972.